The minimum atomic E-state index is -0.561. The van der Waals surface area contributed by atoms with E-state index in [4.69, 9.17) is 9.47 Å². The molecule has 0 radical (unpaired) electrons. The Morgan fingerprint density at radius 3 is 2.79 bits per heavy atom. The van der Waals surface area contributed by atoms with Crippen molar-refractivity contribution >= 4 is 12.0 Å². The molecule has 8 heteroatoms. The number of nitrogens with one attached hydrogen (secondary N) is 1. The molecule has 0 spiro atoms. The normalized spacial score (nSPS) is 20.8. The van der Waals surface area contributed by atoms with Crippen LogP contribution in [0.5, 0.6) is 5.88 Å². The molecule has 1 aromatic heterocycles. The predicted octanol–water partition coefficient (Wildman–Crippen LogP) is 2.58. The lowest BCUT2D eigenvalue weighted by atomic mass is 10.2. The van der Waals surface area contributed by atoms with Crippen molar-refractivity contribution in [2.24, 2.45) is 0 Å². The number of amides is 1. The fourth-order valence-corrected chi connectivity index (χ4v) is 2.40. The Bertz CT molecular complexity index is 616. The minimum Gasteiger partial charge on any atom is -0.472 e. The van der Waals surface area contributed by atoms with Crippen molar-refractivity contribution in [3.63, 3.8) is 0 Å². The van der Waals surface area contributed by atoms with Crippen LogP contribution in [-0.4, -0.2) is 51.8 Å². The van der Waals surface area contributed by atoms with Gasteiger partial charge >= 0.3 is 6.09 Å². The maximum absolute atomic E-state index is 13.6. The Morgan fingerprint density at radius 1 is 1.38 bits per heavy atom. The lowest BCUT2D eigenvalue weighted by molar-refractivity contribution is 0.0293. The summed E-state index contributed by atoms with van der Waals surface area (Å²) in [5.74, 6) is -0.269. The van der Waals surface area contributed by atoms with E-state index in [2.05, 4.69) is 15.3 Å². The zero-order chi connectivity index (χ0) is 17.3. The molecule has 1 atom stereocenters. The van der Waals surface area contributed by atoms with Gasteiger partial charge in [-0.25, -0.2) is 9.78 Å². The number of nitrogens with zero attached hydrogens (tertiary/aromatic N) is 3. The Hall–Kier alpha value is -2.12. The van der Waals surface area contributed by atoms with Gasteiger partial charge in [0.25, 0.3) is 5.88 Å². The molecular weight excluding hydrogens is 315 g/mol. The predicted molar refractivity (Wildman–Crippen MR) is 85.5 cm³/mol. The molecule has 3 rings (SSSR count). The third-order valence-corrected chi connectivity index (χ3v) is 3.69. The number of likely N-dealkylation sites (tertiary alicyclic amines) is 1. The first-order chi connectivity index (χ1) is 11.3. The van der Waals surface area contributed by atoms with Gasteiger partial charge in [-0.3, -0.25) is 0 Å². The van der Waals surface area contributed by atoms with E-state index in [0.717, 1.165) is 25.5 Å². The Balaban J connectivity index is 1.56. The van der Waals surface area contributed by atoms with Gasteiger partial charge in [-0.05, 0) is 40.0 Å². The van der Waals surface area contributed by atoms with Crippen LogP contribution >= 0.6 is 0 Å². The molecule has 1 saturated heterocycles. The highest BCUT2D eigenvalue weighted by molar-refractivity contribution is 5.68. The van der Waals surface area contributed by atoms with Crippen LogP contribution in [0.4, 0.5) is 15.1 Å². The first kappa shape index (κ1) is 16.7. The second-order valence-corrected chi connectivity index (χ2v) is 7.22. The van der Waals surface area contributed by atoms with E-state index in [1.165, 1.54) is 0 Å². The number of halogens is 1. The molecule has 2 fully saturated rings. The number of carbonyl (C=O) groups excluding carboxylic acids is 1. The maximum atomic E-state index is 13.6. The number of carbonyl (C=O) groups is 1. The van der Waals surface area contributed by atoms with Crippen LogP contribution in [0.25, 0.3) is 0 Å². The van der Waals surface area contributed by atoms with E-state index in [1.807, 2.05) is 20.8 Å². The zero-order valence-corrected chi connectivity index (χ0v) is 14.2. The van der Waals surface area contributed by atoms with Crippen LogP contribution in [0, 0.1) is 5.82 Å². The number of ether oxygens (including phenoxy) is 2. The van der Waals surface area contributed by atoms with Gasteiger partial charge in [-0.2, -0.15) is 9.37 Å². The first-order valence-electron chi connectivity index (χ1n) is 8.24. The molecule has 0 unspecified atom stereocenters. The summed E-state index contributed by atoms with van der Waals surface area (Å²) >= 11 is 0. The van der Waals surface area contributed by atoms with E-state index in [0.29, 0.717) is 19.0 Å². The molecule has 7 nitrogen and oxygen atoms in total. The first-order valence-corrected chi connectivity index (χ1v) is 8.24. The molecular formula is C16H23FN4O3. The summed E-state index contributed by atoms with van der Waals surface area (Å²) in [4.78, 5) is 21.7. The fraction of sp³-hybridized carbons (Fsp3) is 0.688. The minimum absolute atomic E-state index is 0.00301. The van der Waals surface area contributed by atoms with Crippen LogP contribution in [0.15, 0.2) is 6.20 Å². The quantitative estimate of drug-likeness (QED) is 0.909. The van der Waals surface area contributed by atoms with Crippen molar-refractivity contribution in [1.82, 2.24) is 14.9 Å². The molecule has 2 heterocycles. The largest absolute Gasteiger partial charge is 0.472 e. The van der Waals surface area contributed by atoms with Crippen LogP contribution in [0.1, 0.15) is 40.0 Å². The number of anilines is 1. The number of hydrogen-bond acceptors (Lipinski definition) is 6. The van der Waals surface area contributed by atoms with Crippen LogP contribution in [0.3, 0.4) is 0 Å². The lowest BCUT2D eigenvalue weighted by Gasteiger charge is -2.24. The second kappa shape index (κ2) is 6.41. The van der Waals surface area contributed by atoms with Gasteiger partial charge in [-0.15, -0.1) is 0 Å². The number of rotatable bonds is 4. The van der Waals surface area contributed by atoms with E-state index in [-0.39, 0.29) is 24.1 Å². The molecule has 1 aliphatic carbocycles. The highest BCUT2D eigenvalue weighted by Crippen LogP contribution is 2.27. The molecule has 132 valence electrons. The van der Waals surface area contributed by atoms with Crippen molar-refractivity contribution < 1.29 is 18.7 Å². The van der Waals surface area contributed by atoms with Crippen molar-refractivity contribution in [2.75, 3.05) is 18.4 Å². The molecule has 1 amide bonds. The van der Waals surface area contributed by atoms with Gasteiger partial charge in [-0.1, -0.05) is 0 Å². The summed E-state index contributed by atoms with van der Waals surface area (Å²) in [5.41, 5.74) is -0.516. The van der Waals surface area contributed by atoms with Crippen molar-refractivity contribution in [3.05, 3.63) is 12.0 Å². The Morgan fingerprint density at radius 2 is 2.12 bits per heavy atom. The Labute approximate surface area is 140 Å². The summed E-state index contributed by atoms with van der Waals surface area (Å²) in [6.45, 7) is 6.60. The molecule has 1 saturated carbocycles. The van der Waals surface area contributed by atoms with E-state index >= 15 is 0 Å². The highest BCUT2D eigenvalue weighted by atomic mass is 19.1. The van der Waals surface area contributed by atoms with Gasteiger partial charge in [0, 0.05) is 19.1 Å². The average Bonchev–Trinajstić information content (AvgIpc) is 3.16. The van der Waals surface area contributed by atoms with Crippen LogP contribution in [0.2, 0.25) is 0 Å². The summed E-state index contributed by atoms with van der Waals surface area (Å²) in [6.07, 6.45) is 3.45. The van der Waals surface area contributed by atoms with E-state index < -0.39 is 11.4 Å². The summed E-state index contributed by atoms with van der Waals surface area (Å²) in [5, 5.41) is 3.13. The van der Waals surface area contributed by atoms with Gasteiger partial charge in [0.05, 0.1) is 6.20 Å². The molecule has 0 bridgehead atoms. The van der Waals surface area contributed by atoms with Crippen molar-refractivity contribution in [2.45, 2.75) is 57.8 Å². The molecule has 1 N–H and O–H groups in total. The Kier molecular flexibility index (Phi) is 4.47. The third-order valence-electron chi connectivity index (χ3n) is 3.69. The van der Waals surface area contributed by atoms with Gasteiger partial charge < -0.3 is 19.7 Å². The highest BCUT2D eigenvalue weighted by Gasteiger charge is 2.30. The molecule has 1 aromatic rings. The summed E-state index contributed by atoms with van der Waals surface area (Å²) in [7, 11) is 0. The molecule has 0 aromatic carbocycles. The zero-order valence-electron chi connectivity index (χ0n) is 14.2. The number of hydrogen-bond donors (Lipinski definition) is 1. The third kappa shape index (κ3) is 4.46. The fourth-order valence-electron chi connectivity index (χ4n) is 2.40. The summed E-state index contributed by atoms with van der Waals surface area (Å²) in [6, 6.07) is -0.00301. The molecule has 24 heavy (non-hydrogen) atoms. The van der Waals surface area contributed by atoms with Gasteiger partial charge in [0.1, 0.15) is 11.7 Å². The van der Waals surface area contributed by atoms with E-state index in [9.17, 15) is 9.18 Å². The van der Waals surface area contributed by atoms with Crippen molar-refractivity contribution in [1.29, 1.82) is 0 Å². The standard InChI is InChI=1S/C16H23FN4O3/c1-16(2,3)24-15(22)21-7-6-10(9-21)19-14-18-8-12(17)13(20-14)23-11-4-5-11/h8,10-11H,4-7,9H2,1-3H3,(H,18,19,20)/t10-/m1/s1. The topological polar surface area (TPSA) is 76.6 Å². The van der Waals surface area contributed by atoms with Crippen LogP contribution in [-0.2, 0) is 4.74 Å². The smallest absolute Gasteiger partial charge is 0.410 e. The number of aromatic nitrogens is 2. The van der Waals surface area contributed by atoms with Crippen LogP contribution < -0.4 is 10.1 Å². The molecule has 2 aliphatic rings. The van der Waals surface area contributed by atoms with Gasteiger partial charge in [0.15, 0.2) is 0 Å². The average molecular weight is 338 g/mol. The van der Waals surface area contributed by atoms with E-state index in [1.54, 1.807) is 4.90 Å². The summed E-state index contributed by atoms with van der Waals surface area (Å²) < 4.78 is 24.4. The molecule has 1 aliphatic heterocycles. The SMILES string of the molecule is CC(C)(C)OC(=O)N1CC[C@@H](Nc2ncc(F)c(OC3CC3)n2)C1. The second-order valence-electron chi connectivity index (χ2n) is 7.22. The lowest BCUT2D eigenvalue weighted by Crippen LogP contribution is -2.36. The van der Waals surface area contributed by atoms with Crippen molar-refractivity contribution in [3.8, 4) is 5.88 Å². The monoisotopic (exact) mass is 338 g/mol. The maximum Gasteiger partial charge on any atom is 0.410 e. The van der Waals surface area contributed by atoms with Gasteiger partial charge in [0.2, 0.25) is 11.8 Å².